The zero-order chi connectivity index (χ0) is 14.7. The van der Waals surface area contributed by atoms with E-state index in [1.165, 1.54) is 6.07 Å². The minimum atomic E-state index is -0.380. The molecule has 0 aliphatic rings. The number of halogens is 4. The molecule has 0 aliphatic carbocycles. The lowest BCUT2D eigenvalue weighted by Gasteiger charge is -2.18. The molecule has 0 spiro atoms. The van der Waals surface area contributed by atoms with Crippen LogP contribution in [-0.4, -0.2) is 7.05 Å². The van der Waals surface area contributed by atoms with Crippen LogP contribution in [0.15, 0.2) is 36.4 Å². The van der Waals surface area contributed by atoms with E-state index in [1.54, 1.807) is 24.3 Å². The molecule has 0 radical (unpaired) electrons. The van der Waals surface area contributed by atoms with Gasteiger partial charge in [-0.3, -0.25) is 0 Å². The summed E-state index contributed by atoms with van der Waals surface area (Å²) in [7, 11) is 1.82. The molecule has 0 fully saturated rings. The highest BCUT2D eigenvalue weighted by atomic mass is 35.5. The molecule has 1 atom stereocenters. The second kappa shape index (κ2) is 6.77. The average molecular weight is 333 g/mol. The Balaban J connectivity index is 2.28. The van der Waals surface area contributed by atoms with Crippen molar-refractivity contribution in [3.8, 4) is 0 Å². The lowest BCUT2D eigenvalue weighted by Crippen LogP contribution is -2.19. The van der Waals surface area contributed by atoms with Crippen LogP contribution < -0.4 is 5.32 Å². The molecule has 0 bridgehead atoms. The SMILES string of the molecule is CNC(Cc1cccc(Cl)c1F)c1ccc(Cl)c(Cl)c1. The van der Waals surface area contributed by atoms with E-state index in [0.717, 1.165) is 5.56 Å². The van der Waals surface area contributed by atoms with Gasteiger partial charge in [-0.2, -0.15) is 0 Å². The minimum absolute atomic E-state index is 0.0715. The number of rotatable bonds is 4. The van der Waals surface area contributed by atoms with Crippen molar-refractivity contribution >= 4 is 34.8 Å². The maximum atomic E-state index is 14.0. The lowest BCUT2D eigenvalue weighted by atomic mass is 9.98. The van der Waals surface area contributed by atoms with Crippen LogP contribution in [0.5, 0.6) is 0 Å². The third-order valence-corrected chi connectivity index (χ3v) is 4.18. The Labute approximate surface area is 132 Å². The molecule has 0 saturated carbocycles. The van der Waals surface area contributed by atoms with E-state index in [-0.39, 0.29) is 16.9 Å². The first-order valence-corrected chi connectivity index (χ1v) is 7.21. The molecule has 0 saturated heterocycles. The van der Waals surface area contributed by atoms with Crippen molar-refractivity contribution < 1.29 is 4.39 Å². The molecule has 1 unspecified atom stereocenters. The largest absolute Gasteiger partial charge is 0.313 e. The van der Waals surface area contributed by atoms with Crippen LogP contribution in [-0.2, 0) is 6.42 Å². The molecule has 106 valence electrons. The van der Waals surface area contributed by atoms with Crippen LogP contribution in [0, 0.1) is 5.82 Å². The third-order valence-electron chi connectivity index (χ3n) is 3.15. The molecular weight excluding hydrogens is 320 g/mol. The Hall–Kier alpha value is -0.800. The summed E-state index contributed by atoms with van der Waals surface area (Å²) in [6.07, 6.45) is 0.473. The molecule has 2 rings (SSSR count). The number of hydrogen-bond acceptors (Lipinski definition) is 1. The summed E-state index contributed by atoms with van der Waals surface area (Å²) in [6, 6.07) is 10.3. The molecule has 0 amide bonds. The molecular formula is C15H13Cl3FN. The maximum absolute atomic E-state index is 14.0. The van der Waals surface area contributed by atoms with Crippen LogP contribution >= 0.6 is 34.8 Å². The highest BCUT2D eigenvalue weighted by molar-refractivity contribution is 6.42. The number of benzene rings is 2. The normalized spacial score (nSPS) is 12.4. The van der Waals surface area contributed by atoms with E-state index in [4.69, 9.17) is 34.8 Å². The Morgan fingerprint density at radius 1 is 1.05 bits per heavy atom. The van der Waals surface area contributed by atoms with Gasteiger partial charge in [0, 0.05) is 6.04 Å². The highest BCUT2D eigenvalue weighted by Crippen LogP contribution is 2.28. The number of likely N-dealkylation sites (N-methyl/N-ethyl adjacent to an activating group) is 1. The van der Waals surface area contributed by atoms with Gasteiger partial charge in [0.1, 0.15) is 5.82 Å². The zero-order valence-electron chi connectivity index (χ0n) is 10.8. The van der Waals surface area contributed by atoms with Crippen molar-refractivity contribution in [3.05, 3.63) is 68.4 Å². The third kappa shape index (κ3) is 3.44. The molecule has 1 nitrogen and oxygen atoms in total. The molecule has 0 heterocycles. The van der Waals surface area contributed by atoms with E-state index in [0.29, 0.717) is 22.0 Å². The van der Waals surface area contributed by atoms with Crippen LogP contribution in [0.4, 0.5) is 4.39 Å². The van der Waals surface area contributed by atoms with Crippen LogP contribution in [0.25, 0.3) is 0 Å². The molecule has 5 heteroatoms. The second-order valence-electron chi connectivity index (χ2n) is 4.43. The van der Waals surface area contributed by atoms with Gasteiger partial charge in [-0.25, -0.2) is 4.39 Å². The Kier molecular flexibility index (Phi) is 5.28. The Morgan fingerprint density at radius 3 is 2.45 bits per heavy atom. The first kappa shape index (κ1) is 15.6. The van der Waals surface area contributed by atoms with Crippen molar-refractivity contribution in [2.24, 2.45) is 0 Å². The maximum Gasteiger partial charge on any atom is 0.145 e. The molecule has 20 heavy (non-hydrogen) atoms. The molecule has 2 aromatic carbocycles. The molecule has 2 aromatic rings. The van der Waals surface area contributed by atoms with E-state index in [1.807, 2.05) is 13.1 Å². The second-order valence-corrected chi connectivity index (χ2v) is 5.65. The summed E-state index contributed by atoms with van der Waals surface area (Å²) in [5.41, 5.74) is 1.50. The molecule has 0 aliphatic heterocycles. The van der Waals surface area contributed by atoms with Crippen molar-refractivity contribution in [1.29, 1.82) is 0 Å². The predicted octanol–water partition coefficient (Wildman–Crippen LogP) is 5.29. The number of hydrogen-bond donors (Lipinski definition) is 1. The summed E-state index contributed by atoms with van der Waals surface area (Å²) in [6.45, 7) is 0. The zero-order valence-corrected chi connectivity index (χ0v) is 13.0. The summed E-state index contributed by atoms with van der Waals surface area (Å²) in [5, 5.41) is 4.26. The van der Waals surface area contributed by atoms with Gasteiger partial charge < -0.3 is 5.32 Å². The molecule has 1 N–H and O–H groups in total. The van der Waals surface area contributed by atoms with Gasteiger partial charge in [0.05, 0.1) is 15.1 Å². The minimum Gasteiger partial charge on any atom is -0.313 e. The summed E-state index contributed by atoms with van der Waals surface area (Å²) < 4.78 is 14.0. The summed E-state index contributed by atoms with van der Waals surface area (Å²) >= 11 is 17.7. The standard InChI is InChI=1S/C15H13Cl3FN/c1-20-14(9-5-6-11(16)13(18)7-9)8-10-3-2-4-12(17)15(10)19/h2-7,14,20H,8H2,1H3. The quantitative estimate of drug-likeness (QED) is 0.802. The fraction of sp³-hybridized carbons (Fsp3) is 0.200. The predicted molar refractivity (Wildman–Crippen MR) is 83.4 cm³/mol. The van der Waals surface area contributed by atoms with Crippen molar-refractivity contribution in [2.75, 3.05) is 7.05 Å². The summed E-state index contributed by atoms with van der Waals surface area (Å²) in [5.74, 6) is -0.380. The lowest BCUT2D eigenvalue weighted by molar-refractivity contribution is 0.554. The Morgan fingerprint density at radius 2 is 1.80 bits per heavy atom. The topological polar surface area (TPSA) is 12.0 Å². The van der Waals surface area contributed by atoms with E-state index >= 15 is 0 Å². The fourth-order valence-corrected chi connectivity index (χ4v) is 2.54. The van der Waals surface area contributed by atoms with Gasteiger partial charge in [-0.05, 0) is 42.8 Å². The smallest absolute Gasteiger partial charge is 0.145 e. The van der Waals surface area contributed by atoms with Gasteiger partial charge >= 0.3 is 0 Å². The van der Waals surface area contributed by atoms with Crippen LogP contribution in [0.1, 0.15) is 17.2 Å². The number of nitrogens with one attached hydrogen (secondary N) is 1. The van der Waals surface area contributed by atoms with Gasteiger partial charge in [-0.1, -0.05) is 53.0 Å². The Bertz CT molecular complexity index is 616. The van der Waals surface area contributed by atoms with Gasteiger partial charge in [-0.15, -0.1) is 0 Å². The molecule has 0 aromatic heterocycles. The van der Waals surface area contributed by atoms with E-state index < -0.39 is 0 Å². The van der Waals surface area contributed by atoms with Gasteiger partial charge in [0.25, 0.3) is 0 Å². The van der Waals surface area contributed by atoms with Crippen LogP contribution in [0.2, 0.25) is 15.1 Å². The summed E-state index contributed by atoms with van der Waals surface area (Å²) in [4.78, 5) is 0. The van der Waals surface area contributed by atoms with Crippen molar-refractivity contribution in [3.63, 3.8) is 0 Å². The van der Waals surface area contributed by atoms with Crippen LogP contribution in [0.3, 0.4) is 0 Å². The first-order chi connectivity index (χ1) is 9.52. The monoisotopic (exact) mass is 331 g/mol. The van der Waals surface area contributed by atoms with E-state index in [2.05, 4.69) is 5.32 Å². The van der Waals surface area contributed by atoms with Crippen molar-refractivity contribution in [2.45, 2.75) is 12.5 Å². The highest BCUT2D eigenvalue weighted by Gasteiger charge is 2.15. The van der Waals surface area contributed by atoms with Crippen molar-refractivity contribution in [1.82, 2.24) is 5.32 Å². The average Bonchev–Trinajstić information content (AvgIpc) is 2.44. The first-order valence-electron chi connectivity index (χ1n) is 6.08. The van der Waals surface area contributed by atoms with Gasteiger partial charge in [0.15, 0.2) is 0 Å². The van der Waals surface area contributed by atoms with Gasteiger partial charge in [0.2, 0.25) is 0 Å². The fourth-order valence-electron chi connectivity index (χ4n) is 2.04. The van der Waals surface area contributed by atoms with E-state index in [9.17, 15) is 4.39 Å².